The third-order valence-corrected chi connectivity index (χ3v) is 4.85. The van der Waals surface area contributed by atoms with Gasteiger partial charge >= 0.3 is 6.18 Å². The molecule has 1 heterocycles. The third-order valence-electron chi connectivity index (χ3n) is 4.54. The minimum Gasteiger partial charge on any atom is -0.393 e. The van der Waals surface area contributed by atoms with Crippen LogP contribution in [-0.4, -0.2) is 39.3 Å². The molecule has 1 saturated carbocycles. The van der Waals surface area contributed by atoms with Gasteiger partial charge in [-0.15, -0.1) is 0 Å². The van der Waals surface area contributed by atoms with E-state index in [-0.39, 0.29) is 28.4 Å². The number of aliphatic imine (C=N–C) groups is 1. The first-order valence-corrected chi connectivity index (χ1v) is 9.42. The number of aromatic amines is 1. The molecule has 0 spiro atoms. The van der Waals surface area contributed by atoms with E-state index >= 15 is 0 Å². The predicted octanol–water partition coefficient (Wildman–Crippen LogP) is 3.72. The second kappa shape index (κ2) is 9.00. The van der Waals surface area contributed by atoms with Gasteiger partial charge in [0.05, 0.1) is 11.1 Å². The monoisotopic (exact) mass is 447 g/mol. The number of carbonyl (C=O) groups excluding carboxylic acids is 1. The van der Waals surface area contributed by atoms with Crippen molar-refractivity contribution in [2.45, 2.75) is 44.0 Å². The molecule has 1 aromatic heterocycles. The summed E-state index contributed by atoms with van der Waals surface area (Å²) in [7, 11) is 0. The summed E-state index contributed by atoms with van der Waals surface area (Å²) < 4.78 is 51.9. The Morgan fingerprint density at radius 2 is 1.93 bits per heavy atom. The van der Waals surface area contributed by atoms with Crippen LogP contribution in [0.2, 0.25) is 5.02 Å². The molecule has 0 unspecified atom stereocenters. The minimum absolute atomic E-state index is 0.0855. The summed E-state index contributed by atoms with van der Waals surface area (Å²) >= 11 is 5.61. The largest absolute Gasteiger partial charge is 0.435 e. The van der Waals surface area contributed by atoms with E-state index in [2.05, 4.69) is 25.8 Å². The van der Waals surface area contributed by atoms with Gasteiger partial charge in [0, 0.05) is 17.7 Å². The lowest BCUT2D eigenvalue weighted by atomic mass is 9.93. The van der Waals surface area contributed by atoms with E-state index in [0.29, 0.717) is 25.7 Å². The number of rotatable bonds is 3. The summed E-state index contributed by atoms with van der Waals surface area (Å²) in [6.45, 7) is 0. The van der Waals surface area contributed by atoms with Gasteiger partial charge in [-0.25, -0.2) is 4.39 Å². The lowest BCUT2D eigenvalue weighted by Crippen LogP contribution is -2.42. The quantitative estimate of drug-likeness (QED) is 0.326. The molecule has 30 heavy (non-hydrogen) atoms. The molecule has 3 rings (SSSR count). The number of nitrogens with zero attached hydrogens (tertiary/aromatic N) is 2. The summed E-state index contributed by atoms with van der Waals surface area (Å²) in [5, 5.41) is 20.4. The molecule has 0 atom stereocenters. The number of guanidine groups is 1. The number of nitrogens with one attached hydrogen (secondary N) is 3. The van der Waals surface area contributed by atoms with E-state index in [1.165, 1.54) is 12.1 Å². The highest BCUT2D eigenvalue weighted by Gasteiger charge is 2.34. The van der Waals surface area contributed by atoms with Crippen molar-refractivity contribution in [3.8, 4) is 0 Å². The molecule has 1 aromatic carbocycles. The SMILES string of the molecule is O=C(/N=C(/Nc1cc(C(F)(F)F)n[nH]1)NC1CCC(O)CC1)c1ccc(Cl)c(F)c1. The maximum atomic E-state index is 13.6. The van der Waals surface area contributed by atoms with Gasteiger partial charge in [-0.3, -0.25) is 9.89 Å². The molecule has 1 aliphatic rings. The Morgan fingerprint density at radius 3 is 2.53 bits per heavy atom. The Kier molecular flexibility index (Phi) is 6.61. The molecule has 0 aliphatic heterocycles. The normalized spacial score (nSPS) is 20.1. The Hall–Kier alpha value is -2.66. The van der Waals surface area contributed by atoms with E-state index in [1.54, 1.807) is 0 Å². The van der Waals surface area contributed by atoms with Gasteiger partial charge in [-0.1, -0.05) is 11.6 Å². The van der Waals surface area contributed by atoms with Crippen LogP contribution >= 0.6 is 11.6 Å². The van der Waals surface area contributed by atoms with Gasteiger partial charge in [0.15, 0.2) is 5.69 Å². The van der Waals surface area contributed by atoms with Gasteiger partial charge in [0.2, 0.25) is 5.96 Å². The maximum Gasteiger partial charge on any atom is 0.435 e. The van der Waals surface area contributed by atoms with Gasteiger partial charge in [-0.2, -0.15) is 23.3 Å². The first-order chi connectivity index (χ1) is 14.1. The highest BCUT2D eigenvalue weighted by Crippen LogP contribution is 2.28. The van der Waals surface area contributed by atoms with Crippen molar-refractivity contribution in [1.82, 2.24) is 15.5 Å². The Labute approximate surface area is 173 Å². The van der Waals surface area contributed by atoms with Gasteiger partial charge in [0.25, 0.3) is 5.91 Å². The number of anilines is 1. The van der Waals surface area contributed by atoms with Crippen LogP contribution in [-0.2, 0) is 6.18 Å². The van der Waals surface area contributed by atoms with E-state index in [1.807, 2.05) is 0 Å². The van der Waals surface area contributed by atoms with Crippen LogP contribution < -0.4 is 10.6 Å². The highest BCUT2D eigenvalue weighted by molar-refractivity contribution is 6.30. The smallest absolute Gasteiger partial charge is 0.393 e. The molecule has 2 aromatic rings. The van der Waals surface area contributed by atoms with Crippen LogP contribution in [0.25, 0.3) is 0 Å². The fraction of sp³-hybridized carbons (Fsp3) is 0.389. The number of carbonyl (C=O) groups is 1. The number of hydrogen-bond acceptors (Lipinski definition) is 3. The molecule has 0 bridgehead atoms. The topological polar surface area (TPSA) is 102 Å². The van der Waals surface area contributed by atoms with Gasteiger partial charge < -0.3 is 15.7 Å². The molecule has 12 heteroatoms. The summed E-state index contributed by atoms with van der Waals surface area (Å²) in [6, 6.07) is 3.96. The van der Waals surface area contributed by atoms with E-state index < -0.39 is 29.7 Å². The molecular weight excluding hydrogens is 430 g/mol. The molecule has 1 amide bonds. The van der Waals surface area contributed by atoms with Crippen LogP contribution in [0.4, 0.5) is 23.4 Å². The molecule has 1 fully saturated rings. The second-order valence-corrected chi connectivity index (χ2v) is 7.24. The Bertz CT molecular complexity index is 939. The molecule has 0 saturated heterocycles. The fourth-order valence-electron chi connectivity index (χ4n) is 2.96. The van der Waals surface area contributed by atoms with E-state index in [9.17, 15) is 27.5 Å². The van der Waals surface area contributed by atoms with Crippen molar-refractivity contribution in [3.05, 3.63) is 46.4 Å². The van der Waals surface area contributed by atoms with Crippen molar-refractivity contribution in [2.24, 2.45) is 4.99 Å². The fourth-order valence-corrected chi connectivity index (χ4v) is 3.08. The van der Waals surface area contributed by atoms with Crippen molar-refractivity contribution in [3.63, 3.8) is 0 Å². The van der Waals surface area contributed by atoms with Crippen LogP contribution in [0.3, 0.4) is 0 Å². The first kappa shape index (κ1) is 22.0. The zero-order valence-electron chi connectivity index (χ0n) is 15.4. The number of aliphatic hydroxyl groups excluding tert-OH is 1. The molecule has 1 aliphatic carbocycles. The molecule has 162 valence electrons. The number of H-pyrrole nitrogens is 1. The summed E-state index contributed by atoms with van der Waals surface area (Å²) in [6.07, 6.45) is -2.85. The molecular formula is C18H18ClF4N5O2. The summed E-state index contributed by atoms with van der Waals surface area (Å²) in [4.78, 5) is 16.3. The third kappa shape index (κ3) is 5.70. The number of aliphatic hydroxyl groups is 1. The number of alkyl halides is 3. The van der Waals surface area contributed by atoms with Crippen molar-refractivity contribution < 1.29 is 27.5 Å². The molecule has 4 N–H and O–H groups in total. The van der Waals surface area contributed by atoms with Crippen molar-refractivity contribution in [1.29, 1.82) is 0 Å². The van der Waals surface area contributed by atoms with Crippen LogP contribution in [0.5, 0.6) is 0 Å². The summed E-state index contributed by atoms with van der Waals surface area (Å²) in [5.74, 6) is -1.90. The zero-order chi connectivity index (χ0) is 21.9. The minimum atomic E-state index is -4.64. The first-order valence-electron chi connectivity index (χ1n) is 9.04. The van der Waals surface area contributed by atoms with Gasteiger partial charge in [-0.05, 0) is 43.9 Å². The average Bonchev–Trinajstić information content (AvgIpc) is 3.14. The molecule has 7 nitrogen and oxygen atoms in total. The van der Waals surface area contributed by atoms with Crippen molar-refractivity contribution >= 4 is 29.3 Å². The Morgan fingerprint density at radius 1 is 1.23 bits per heavy atom. The van der Waals surface area contributed by atoms with Gasteiger partial charge in [0.1, 0.15) is 11.6 Å². The average molecular weight is 448 g/mol. The van der Waals surface area contributed by atoms with Crippen molar-refractivity contribution in [2.75, 3.05) is 5.32 Å². The maximum absolute atomic E-state index is 13.6. The van der Waals surface area contributed by atoms with E-state index in [4.69, 9.17) is 11.6 Å². The zero-order valence-corrected chi connectivity index (χ0v) is 16.2. The number of benzene rings is 1. The number of aromatic nitrogens is 2. The number of halogens is 5. The standard InChI is InChI=1S/C18H18ClF4N5O2/c19-12-6-1-9(7-13(12)20)16(30)26-17(24-10-2-4-11(29)5-3-10)25-15-8-14(27-28-15)18(21,22)23/h1,6-8,10-11,29H,2-5H2,(H3,24,25,26,27,28,30). The number of hydrogen-bond donors (Lipinski definition) is 4. The van der Waals surface area contributed by atoms with Crippen LogP contribution in [0.1, 0.15) is 41.7 Å². The van der Waals surface area contributed by atoms with Crippen LogP contribution in [0, 0.1) is 5.82 Å². The lowest BCUT2D eigenvalue weighted by molar-refractivity contribution is -0.141. The lowest BCUT2D eigenvalue weighted by Gasteiger charge is -2.27. The van der Waals surface area contributed by atoms with E-state index in [0.717, 1.165) is 12.1 Å². The number of amides is 1. The highest BCUT2D eigenvalue weighted by atomic mass is 35.5. The predicted molar refractivity (Wildman–Crippen MR) is 102 cm³/mol. The second-order valence-electron chi connectivity index (χ2n) is 6.83. The van der Waals surface area contributed by atoms with Crippen LogP contribution in [0.15, 0.2) is 29.3 Å². The summed E-state index contributed by atoms with van der Waals surface area (Å²) in [5.41, 5.74) is -1.23. The molecule has 0 radical (unpaired) electrons. The Balaban J connectivity index is 1.82.